The monoisotopic (exact) mass is 396 g/mol. The fraction of sp³-hybridized carbons (Fsp3) is 0.381. The Hall–Kier alpha value is -3.29. The van der Waals surface area contributed by atoms with Crippen LogP contribution in [0.4, 0.5) is 5.82 Å². The van der Waals surface area contributed by atoms with Crippen molar-refractivity contribution in [1.82, 2.24) is 14.3 Å². The SMILES string of the molecule is COc1ccc2c(c1)c(C(=O)Nc1ccn(CC(=O)O)n1)c(C)n2C1CCCC1. The van der Waals surface area contributed by atoms with Gasteiger partial charge in [-0.15, -0.1) is 0 Å². The molecule has 0 spiro atoms. The molecule has 0 radical (unpaired) electrons. The summed E-state index contributed by atoms with van der Waals surface area (Å²) in [5.74, 6) is -0.243. The maximum Gasteiger partial charge on any atom is 0.325 e. The number of nitrogens with zero attached hydrogens (tertiary/aromatic N) is 3. The van der Waals surface area contributed by atoms with Gasteiger partial charge in [0.2, 0.25) is 0 Å². The molecule has 1 aliphatic carbocycles. The van der Waals surface area contributed by atoms with E-state index >= 15 is 0 Å². The maximum atomic E-state index is 13.2. The number of carbonyl (C=O) groups is 2. The van der Waals surface area contributed by atoms with E-state index in [0.29, 0.717) is 23.2 Å². The molecule has 1 fully saturated rings. The molecule has 1 aromatic carbocycles. The van der Waals surface area contributed by atoms with Crippen LogP contribution in [0.1, 0.15) is 47.8 Å². The van der Waals surface area contributed by atoms with E-state index in [9.17, 15) is 9.59 Å². The molecule has 8 nitrogen and oxygen atoms in total. The Kier molecular flexibility index (Phi) is 5.00. The van der Waals surface area contributed by atoms with Gasteiger partial charge in [-0.3, -0.25) is 14.3 Å². The van der Waals surface area contributed by atoms with Crippen LogP contribution < -0.4 is 10.1 Å². The first-order valence-corrected chi connectivity index (χ1v) is 9.73. The number of rotatable bonds is 6. The quantitative estimate of drug-likeness (QED) is 0.663. The third-order valence-corrected chi connectivity index (χ3v) is 5.55. The Labute approximate surface area is 168 Å². The van der Waals surface area contributed by atoms with Crippen LogP contribution in [-0.4, -0.2) is 38.4 Å². The molecule has 2 heterocycles. The Bertz CT molecular complexity index is 1080. The number of hydrogen-bond acceptors (Lipinski definition) is 4. The average Bonchev–Trinajstić information content (AvgIpc) is 3.39. The van der Waals surface area contributed by atoms with E-state index in [-0.39, 0.29) is 12.5 Å². The Morgan fingerprint density at radius 3 is 2.72 bits per heavy atom. The second kappa shape index (κ2) is 7.62. The first-order valence-electron chi connectivity index (χ1n) is 9.73. The molecule has 8 heteroatoms. The predicted molar refractivity (Wildman–Crippen MR) is 109 cm³/mol. The molecule has 4 rings (SSSR count). The maximum absolute atomic E-state index is 13.2. The van der Waals surface area contributed by atoms with E-state index in [2.05, 4.69) is 15.0 Å². The molecule has 0 aliphatic heterocycles. The van der Waals surface area contributed by atoms with Gasteiger partial charge >= 0.3 is 5.97 Å². The zero-order valence-electron chi connectivity index (χ0n) is 16.5. The predicted octanol–water partition coefficient (Wildman–Crippen LogP) is 3.61. The molecule has 3 aromatic rings. The van der Waals surface area contributed by atoms with Crippen molar-refractivity contribution in [3.05, 3.63) is 41.7 Å². The summed E-state index contributed by atoms with van der Waals surface area (Å²) >= 11 is 0. The topological polar surface area (TPSA) is 98.4 Å². The molecule has 29 heavy (non-hydrogen) atoms. The number of methoxy groups -OCH3 is 1. The molecule has 1 amide bonds. The fourth-order valence-electron chi connectivity index (χ4n) is 4.30. The van der Waals surface area contributed by atoms with Crippen molar-refractivity contribution in [2.45, 2.75) is 45.2 Å². The molecule has 1 aliphatic rings. The molecule has 0 bridgehead atoms. The summed E-state index contributed by atoms with van der Waals surface area (Å²) in [7, 11) is 1.61. The summed E-state index contributed by atoms with van der Waals surface area (Å²) in [5.41, 5.74) is 2.54. The third-order valence-electron chi connectivity index (χ3n) is 5.55. The highest BCUT2D eigenvalue weighted by Crippen LogP contribution is 2.38. The van der Waals surface area contributed by atoms with E-state index in [0.717, 1.165) is 29.4 Å². The number of carboxylic acids is 1. The number of fused-ring (bicyclic) bond motifs is 1. The summed E-state index contributed by atoms with van der Waals surface area (Å²) in [6.45, 7) is 1.72. The Morgan fingerprint density at radius 1 is 1.28 bits per heavy atom. The van der Waals surface area contributed by atoms with Gasteiger partial charge in [-0.25, -0.2) is 0 Å². The van der Waals surface area contributed by atoms with Crippen LogP contribution in [0.5, 0.6) is 5.75 Å². The lowest BCUT2D eigenvalue weighted by molar-refractivity contribution is -0.137. The first-order chi connectivity index (χ1) is 14.0. The summed E-state index contributed by atoms with van der Waals surface area (Å²) in [6, 6.07) is 7.81. The number of hydrogen-bond donors (Lipinski definition) is 2. The number of nitrogens with one attached hydrogen (secondary N) is 1. The molecular weight excluding hydrogens is 372 g/mol. The van der Waals surface area contributed by atoms with Gasteiger partial charge < -0.3 is 19.7 Å². The van der Waals surface area contributed by atoms with Gasteiger partial charge in [0.15, 0.2) is 5.82 Å². The van der Waals surface area contributed by atoms with Crippen molar-refractivity contribution >= 4 is 28.6 Å². The van der Waals surface area contributed by atoms with Gasteiger partial charge in [0.25, 0.3) is 5.91 Å². The molecule has 152 valence electrons. The summed E-state index contributed by atoms with van der Waals surface area (Å²) in [6.07, 6.45) is 6.14. The Morgan fingerprint density at radius 2 is 2.03 bits per heavy atom. The molecular formula is C21H24N4O4. The summed E-state index contributed by atoms with van der Waals surface area (Å²) in [5, 5.41) is 16.7. The second-order valence-corrected chi connectivity index (χ2v) is 7.40. The van der Waals surface area contributed by atoms with Gasteiger partial charge in [0.05, 0.1) is 12.7 Å². The lowest BCUT2D eigenvalue weighted by Gasteiger charge is -2.16. The van der Waals surface area contributed by atoms with Gasteiger partial charge in [0.1, 0.15) is 12.3 Å². The second-order valence-electron chi connectivity index (χ2n) is 7.40. The summed E-state index contributed by atoms with van der Waals surface area (Å²) in [4.78, 5) is 24.0. The van der Waals surface area contributed by atoms with Crippen molar-refractivity contribution in [2.24, 2.45) is 0 Å². The number of anilines is 1. The zero-order chi connectivity index (χ0) is 20.5. The van der Waals surface area contributed by atoms with Gasteiger partial charge in [0, 0.05) is 34.9 Å². The average molecular weight is 396 g/mol. The van der Waals surface area contributed by atoms with Crippen LogP contribution in [0.15, 0.2) is 30.5 Å². The number of benzene rings is 1. The highest BCUT2D eigenvalue weighted by Gasteiger charge is 2.26. The lowest BCUT2D eigenvalue weighted by Crippen LogP contribution is -2.15. The highest BCUT2D eigenvalue weighted by atomic mass is 16.5. The molecule has 2 N–H and O–H groups in total. The first kappa shape index (κ1) is 19.0. The standard InChI is InChI=1S/C21H24N4O4/c1-13-20(21(28)22-18-9-10-24(23-18)12-19(26)27)16-11-15(29-2)7-8-17(16)25(13)14-5-3-4-6-14/h7-11,14H,3-6,12H2,1-2H3,(H,26,27)(H,22,23,28). The fourth-order valence-corrected chi connectivity index (χ4v) is 4.30. The minimum atomic E-state index is -0.992. The van der Waals surface area contributed by atoms with Gasteiger partial charge in [-0.05, 0) is 38.0 Å². The van der Waals surface area contributed by atoms with E-state index in [4.69, 9.17) is 9.84 Å². The molecule has 0 atom stereocenters. The minimum absolute atomic E-state index is 0.257. The van der Waals surface area contributed by atoms with Crippen LogP contribution in [0, 0.1) is 6.92 Å². The van der Waals surface area contributed by atoms with E-state index in [1.54, 1.807) is 13.2 Å². The van der Waals surface area contributed by atoms with Crippen LogP contribution in [0.25, 0.3) is 10.9 Å². The molecule has 2 aromatic heterocycles. The minimum Gasteiger partial charge on any atom is -0.497 e. The largest absolute Gasteiger partial charge is 0.497 e. The van der Waals surface area contributed by atoms with Crippen LogP contribution >= 0.6 is 0 Å². The number of amides is 1. The number of carbonyl (C=O) groups excluding carboxylic acids is 1. The van der Waals surface area contributed by atoms with Crippen molar-refractivity contribution < 1.29 is 19.4 Å². The van der Waals surface area contributed by atoms with Crippen molar-refractivity contribution in [2.75, 3.05) is 12.4 Å². The van der Waals surface area contributed by atoms with Crippen molar-refractivity contribution in [3.8, 4) is 5.75 Å². The lowest BCUT2D eigenvalue weighted by atomic mass is 10.1. The van der Waals surface area contributed by atoms with Crippen LogP contribution in [-0.2, 0) is 11.3 Å². The third kappa shape index (κ3) is 3.57. The highest BCUT2D eigenvalue weighted by molar-refractivity contribution is 6.14. The molecule has 1 saturated carbocycles. The van der Waals surface area contributed by atoms with Crippen LogP contribution in [0.2, 0.25) is 0 Å². The van der Waals surface area contributed by atoms with Crippen molar-refractivity contribution in [1.29, 1.82) is 0 Å². The normalized spacial score (nSPS) is 14.4. The summed E-state index contributed by atoms with van der Waals surface area (Å²) < 4.78 is 8.93. The van der Waals surface area contributed by atoms with Crippen LogP contribution in [0.3, 0.4) is 0 Å². The van der Waals surface area contributed by atoms with E-state index in [1.807, 2.05) is 25.1 Å². The number of aromatic nitrogens is 3. The molecule has 0 unspecified atom stereocenters. The smallest absolute Gasteiger partial charge is 0.325 e. The van der Waals surface area contributed by atoms with Gasteiger partial charge in [-0.1, -0.05) is 12.8 Å². The van der Waals surface area contributed by atoms with E-state index < -0.39 is 5.97 Å². The van der Waals surface area contributed by atoms with E-state index in [1.165, 1.54) is 23.7 Å². The number of ether oxygens (including phenoxy) is 1. The number of carboxylic acid groups (broad SMARTS) is 1. The zero-order valence-corrected chi connectivity index (χ0v) is 16.5. The number of aliphatic carboxylic acids is 1. The van der Waals surface area contributed by atoms with Crippen molar-refractivity contribution in [3.63, 3.8) is 0 Å². The van der Waals surface area contributed by atoms with Gasteiger partial charge in [-0.2, -0.15) is 5.10 Å². The molecule has 0 saturated heterocycles. The Balaban J connectivity index is 1.73.